The zero-order chi connectivity index (χ0) is 17.8. The van der Waals surface area contributed by atoms with Crippen LogP contribution >= 0.6 is 12.4 Å². The van der Waals surface area contributed by atoms with Crippen LogP contribution in [0.2, 0.25) is 0 Å². The van der Waals surface area contributed by atoms with E-state index in [1.165, 1.54) is 96.9 Å². The van der Waals surface area contributed by atoms with Gasteiger partial charge in [0.1, 0.15) is 0 Å². The summed E-state index contributed by atoms with van der Waals surface area (Å²) in [5.74, 6) is 0.801. The van der Waals surface area contributed by atoms with Gasteiger partial charge in [-0.3, -0.25) is 4.90 Å². The summed E-state index contributed by atoms with van der Waals surface area (Å²) in [7, 11) is 0. The molecule has 3 aliphatic rings. The Labute approximate surface area is 173 Å². The Bertz CT molecular complexity index is 563. The second-order valence-corrected chi connectivity index (χ2v) is 9.22. The summed E-state index contributed by atoms with van der Waals surface area (Å²) in [4.78, 5) is 5.34. The van der Waals surface area contributed by atoms with Crippen LogP contribution < -0.4 is 4.90 Å². The van der Waals surface area contributed by atoms with Crippen molar-refractivity contribution in [3.05, 3.63) is 29.8 Å². The van der Waals surface area contributed by atoms with E-state index in [2.05, 4.69) is 41.0 Å². The second-order valence-electron chi connectivity index (χ2n) is 9.22. The molecule has 1 spiro atoms. The first-order valence-electron chi connectivity index (χ1n) is 11.4. The summed E-state index contributed by atoms with van der Waals surface area (Å²) in [6, 6.07) is 9.37. The molecule has 0 aromatic heterocycles. The van der Waals surface area contributed by atoms with Gasteiger partial charge in [-0.2, -0.15) is 0 Å². The van der Waals surface area contributed by atoms with Crippen molar-refractivity contribution < 1.29 is 0 Å². The predicted molar refractivity (Wildman–Crippen MR) is 119 cm³/mol. The molecule has 1 aromatic carbocycles. The summed E-state index contributed by atoms with van der Waals surface area (Å²) in [5, 5.41) is 0. The Morgan fingerprint density at radius 2 is 1.59 bits per heavy atom. The molecule has 3 fully saturated rings. The largest absolute Gasteiger partial charge is 0.369 e. The van der Waals surface area contributed by atoms with Crippen LogP contribution in [-0.4, -0.2) is 37.6 Å². The lowest BCUT2D eigenvalue weighted by Crippen LogP contribution is -2.47. The zero-order valence-corrected chi connectivity index (χ0v) is 18.1. The van der Waals surface area contributed by atoms with E-state index in [0.717, 1.165) is 11.3 Å². The third kappa shape index (κ3) is 4.82. The van der Waals surface area contributed by atoms with Crippen LogP contribution in [-0.2, 0) is 0 Å². The van der Waals surface area contributed by atoms with Crippen molar-refractivity contribution in [2.24, 2.45) is 5.41 Å². The first-order valence-corrected chi connectivity index (χ1v) is 11.4. The standard InChI is InChI=1S/C24H38N2.ClH/c1-2-3-16-25-17-19-26(20-18-25)23-9-5-4-8-22(23)21-10-14-24(15-11-21)12-6-7-13-24;/h4-5,8-9,21H,2-3,6-7,10-20H2,1H3;1H. The maximum Gasteiger partial charge on any atom is 0.0402 e. The van der Waals surface area contributed by atoms with Gasteiger partial charge in [-0.05, 0) is 74.5 Å². The van der Waals surface area contributed by atoms with Crippen molar-refractivity contribution in [1.29, 1.82) is 0 Å². The summed E-state index contributed by atoms with van der Waals surface area (Å²) in [6.45, 7) is 8.47. The molecule has 3 heteroatoms. The molecule has 2 aliphatic carbocycles. The highest BCUT2D eigenvalue weighted by Crippen LogP contribution is 2.53. The van der Waals surface area contributed by atoms with Gasteiger partial charge in [0.25, 0.3) is 0 Å². The molecule has 152 valence electrons. The average Bonchev–Trinajstić information content (AvgIpc) is 3.15. The number of para-hydroxylation sites is 1. The quantitative estimate of drug-likeness (QED) is 0.586. The molecule has 0 N–H and O–H groups in total. The first kappa shape index (κ1) is 21.0. The molecular weight excluding hydrogens is 352 g/mol. The number of rotatable bonds is 5. The number of benzene rings is 1. The lowest BCUT2D eigenvalue weighted by atomic mass is 9.68. The number of nitrogens with zero attached hydrogens (tertiary/aromatic N) is 2. The fraction of sp³-hybridized carbons (Fsp3) is 0.750. The highest BCUT2D eigenvalue weighted by Gasteiger charge is 2.38. The molecule has 0 radical (unpaired) electrons. The van der Waals surface area contributed by atoms with E-state index >= 15 is 0 Å². The van der Waals surface area contributed by atoms with E-state index in [9.17, 15) is 0 Å². The summed E-state index contributed by atoms with van der Waals surface area (Å²) in [6.07, 6.45) is 14.5. The van der Waals surface area contributed by atoms with E-state index in [0.29, 0.717) is 0 Å². The van der Waals surface area contributed by atoms with Crippen LogP contribution in [0.1, 0.15) is 82.6 Å². The topological polar surface area (TPSA) is 6.48 Å². The van der Waals surface area contributed by atoms with Crippen molar-refractivity contribution in [2.75, 3.05) is 37.6 Å². The maximum atomic E-state index is 2.68. The van der Waals surface area contributed by atoms with E-state index in [-0.39, 0.29) is 12.4 Å². The van der Waals surface area contributed by atoms with Gasteiger partial charge in [-0.25, -0.2) is 0 Å². The van der Waals surface area contributed by atoms with Crippen molar-refractivity contribution in [3.63, 3.8) is 0 Å². The number of unbranched alkanes of at least 4 members (excludes halogenated alkanes) is 1. The lowest BCUT2D eigenvalue weighted by molar-refractivity contribution is 0.181. The lowest BCUT2D eigenvalue weighted by Gasteiger charge is -2.40. The molecule has 0 bridgehead atoms. The van der Waals surface area contributed by atoms with Crippen molar-refractivity contribution in [2.45, 2.75) is 77.0 Å². The summed E-state index contributed by atoms with van der Waals surface area (Å²) >= 11 is 0. The van der Waals surface area contributed by atoms with Crippen LogP contribution in [0.25, 0.3) is 0 Å². The van der Waals surface area contributed by atoms with Crippen molar-refractivity contribution in [1.82, 2.24) is 4.90 Å². The summed E-state index contributed by atoms with van der Waals surface area (Å²) in [5.41, 5.74) is 3.95. The van der Waals surface area contributed by atoms with Crippen LogP contribution in [0.15, 0.2) is 24.3 Å². The number of anilines is 1. The first-order chi connectivity index (χ1) is 12.8. The number of halogens is 1. The molecule has 0 atom stereocenters. The monoisotopic (exact) mass is 390 g/mol. The fourth-order valence-corrected chi connectivity index (χ4v) is 5.88. The Kier molecular flexibility index (Phi) is 7.50. The Morgan fingerprint density at radius 1 is 0.926 bits per heavy atom. The predicted octanol–water partition coefficient (Wildman–Crippen LogP) is 6.25. The molecule has 4 rings (SSSR count). The van der Waals surface area contributed by atoms with E-state index in [1.807, 2.05) is 0 Å². The van der Waals surface area contributed by atoms with E-state index in [1.54, 1.807) is 11.3 Å². The van der Waals surface area contributed by atoms with Gasteiger partial charge >= 0.3 is 0 Å². The molecule has 1 aromatic rings. The highest BCUT2D eigenvalue weighted by atomic mass is 35.5. The number of hydrogen-bond acceptors (Lipinski definition) is 2. The average molecular weight is 391 g/mol. The Balaban J connectivity index is 0.00000210. The second kappa shape index (κ2) is 9.65. The Morgan fingerprint density at radius 3 is 2.26 bits per heavy atom. The van der Waals surface area contributed by atoms with Gasteiger partial charge in [0.15, 0.2) is 0 Å². The van der Waals surface area contributed by atoms with Gasteiger partial charge < -0.3 is 4.90 Å². The van der Waals surface area contributed by atoms with Crippen LogP contribution in [0.4, 0.5) is 5.69 Å². The minimum absolute atomic E-state index is 0. The smallest absolute Gasteiger partial charge is 0.0402 e. The highest BCUT2D eigenvalue weighted by molar-refractivity contribution is 5.85. The van der Waals surface area contributed by atoms with Gasteiger partial charge in [-0.1, -0.05) is 44.4 Å². The fourth-order valence-electron chi connectivity index (χ4n) is 5.88. The number of hydrogen-bond donors (Lipinski definition) is 0. The maximum absolute atomic E-state index is 2.68. The van der Waals surface area contributed by atoms with Crippen LogP contribution in [0, 0.1) is 5.41 Å². The zero-order valence-electron chi connectivity index (χ0n) is 17.3. The van der Waals surface area contributed by atoms with Gasteiger partial charge in [0.2, 0.25) is 0 Å². The van der Waals surface area contributed by atoms with E-state index in [4.69, 9.17) is 0 Å². The van der Waals surface area contributed by atoms with Crippen molar-refractivity contribution in [3.8, 4) is 0 Å². The molecule has 1 saturated heterocycles. The van der Waals surface area contributed by atoms with Crippen molar-refractivity contribution >= 4 is 18.1 Å². The van der Waals surface area contributed by atoms with Gasteiger partial charge in [-0.15, -0.1) is 12.4 Å². The molecule has 27 heavy (non-hydrogen) atoms. The normalized spacial score (nSPS) is 23.5. The Hall–Kier alpha value is -0.730. The molecule has 0 unspecified atom stereocenters. The van der Waals surface area contributed by atoms with E-state index < -0.39 is 0 Å². The minimum Gasteiger partial charge on any atom is -0.369 e. The van der Waals surface area contributed by atoms with Gasteiger partial charge in [0, 0.05) is 31.9 Å². The molecule has 1 aliphatic heterocycles. The molecular formula is C24H39ClN2. The molecule has 2 saturated carbocycles. The SMILES string of the molecule is CCCCN1CCN(c2ccccc2C2CCC3(CCCC3)CC2)CC1.Cl. The molecule has 2 nitrogen and oxygen atoms in total. The number of piperazine rings is 1. The summed E-state index contributed by atoms with van der Waals surface area (Å²) < 4.78 is 0. The van der Waals surface area contributed by atoms with Crippen LogP contribution in [0.3, 0.4) is 0 Å². The van der Waals surface area contributed by atoms with Crippen LogP contribution in [0.5, 0.6) is 0 Å². The third-order valence-electron chi connectivity index (χ3n) is 7.63. The molecule has 0 amide bonds. The minimum atomic E-state index is 0. The van der Waals surface area contributed by atoms with Gasteiger partial charge in [0.05, 0.1) is 0 Å². The molecule has 1 heterocycles. The third-order valence-corrected chi connectivity index (χ3v) is 7.63.